The summed E-state index contributed by atoms with van der Waals surface area (Å²) in [5, 5.41) is 16.9. The Hall–Kier alpha value is -1.47. The molecule has 0 saturated heterocycles. The Kier molecular flexibility index (Phi) is 2.53. The highest BCUT2D eigenvalue weighted by Gasteiger charge is 1.94. The molecule has 1 aromatic rings. The minimum atomic E-state index is 0.0786. The van der Waals surface area contributed by atoms with E-state index in [1.54, 1.807) is 12.4 Å². The lowest BCUT2D eigenvalue weighted by Crippen LogP contribution is -1.95. The first-order chi connectivity index (χ1) is 5.36. The van der Waals surface area contributed by atoms with Gasteiger partial charge in [0, 0.05) is 19.0 Å². The van der Waals surface area contributed by atoms with Crippen molar-refractivity contribution in [3.05, 3.63) is 23.8 Å². The SMILES string of the molecule is N#Cc1ncc(CCO)cn1. The molecule has 0 aliphatic carbocycles. The van der Waals surface area contributed by atoms with Crippen molar-refractivity contribution in [1.82, 2.24) is 9.97 Å². The Morgan fingerprint density at radius 3 is 2.55 bits per heavy atom. The van der Waals surface area contributed by atoms with E-state index in [0.29, 0.717) is 6.42 Å². The van der Waals surface area contributed by atoms with E-state index in [9.17, 15) is 0 Å². The van der Waals surface area contributed by atoms with Crippen molar-refractivity contribution in [3.8, 4) is 6.07 Å². The molecule has 1 rings (SSSR count). The highest BCUT2D eigenvalue weighted by Crippen LogP contribution is 1.95. The van der Waals surface area contributed by atoms with Gasteiger partial charge in [0.1, 0.15) is 6.07 Å². The summed E-state index contributed by atoms with van der Waals surface area (Å²) in [6.45, 7) is 0.0786. The number of aromatic nitrogens is 2. The van der Waals surface area contributed by atoms with E-state index in [1.165, 1.54) is 0 Å². The van der Waals surface area contributed by atoms with Crippen LogP contribution in [0.5, 0.6) is 0 Å². The quantitative estimate of drug-likeness (QED) is 0.636. The standard InChI is InChI=1S/C7H7N3O/c8-3-7-9-4-6(1-2-11)5-10-7/h4-5,11H,1-2H2. The van der Waals surface area contributed by atoms with Gasteiger partial charge in [-0.15, -0.1) is 0 Å². The molecule has 4 heteroatoms. The van der Waals surface area contributed by atoms with Crippen LogP contribution in [0.2, 0.25) is 0 Å². The van der Waals surface area contributed by atoms with Crippen LogP contribution in [0.25, 0.3) is 0 Å². The molecule has 1 N–H and O–H groups in total. The summed E-state index contributed by atoms with van der Waals surface area (Å²) in [4.78, 5) is 7.46. The van der Waals surface area contributed by atoms with Gasteiger partial charge in [-0.05, 0) is 12.0 Å². The van der Waals surface area contributed by atoms with Crippen LogP contribution in [-0.4, -0.2) is 21.7 Å². The van der Waals surface area contributed by atoms with Crippen LogP contribution in [0.4, 0.5) is 0 Å². The number of hydrogen-bond donors (Lipinski definition) is 1. The topological polar surface area (TPSA) is 69.8 Å². The molecule has 1 heterocycles. The molecule has 11 heavy (non-hydrogen) atoms. The number of nitrogens with zero attached hydrogens (tertiary/aromatic N) is 3. The van der Waals surface area contributed by atoms with Crippen molar-refractivity contribution >= 4 is 0 Å². The van der Waals surface area contributed by atoms with Gasteiger partial charge in [0.25, 0.3) is 0 Å². The number of aliphatic hydroxyl groups excluding tert-OH is 1. The Morgan fingerprint density at radius 1 is 1.45 bits per heavy atom. The third-order valence-electron chi connectivity index (χ3n) is 1.21. The van der Waals surface area contributed by atoms with Crippen LogP contribution in [0.3, 0.4) is 0 Å². The zero-order valence-corrected chi connectivity index (χ0v) is 5.86. The van der Waals surface area contributed by atoms with Crippen molar-refractivity contribution in [1.29, 1.82) is 5.26 Å². The summed E-state index contributed by atoms with van der Waals surface area (Å²) in [5.74, 6) is 0.159. The molecule has 0 unspecified atom stereocenters. The lowest BCUT2D eigenvalue weighted by Gasteiger charge is -1.94. The number of hydrogen-bond acceptors (Lipinski definition) is 4. The molecule has 0 aliphatic heterocycles. The van der Waals surface area contributed by atoms with Crippen LogP contribution < -0.4 is 0 Å². The third-order valence-corrected chi connectivity index (χ3v) is 1.21. The zero-order valence-electron chi connectivity index (χ0n) is 5.86. The molecular formula is C7H7N3O. The molecule has 0 bridgehead atoms. The summed E-state index contributed by atoms with van der Waals surface area (Å²) < 4.78 is 0. The molecule has 0 radical (unpaired) electrons. The molecule has 0 atom stereocenters. The summed E-state index contributed by atoms with van der Waals surface area (Å²) >= 11 is 0. The van der Waals surface area contributed by atoms with E-state index in [1.807, 2.05) is 6.07 Å². The van der Waals surface area contributed by atoms with Gasteiger partial charge < -0.3 is 5.11 Å². The predicted molar refractivity (Wildman–Crippen MR) is 37.5 cm³/mol. The fourth-order valence-electron chi connectivity index (χ4n) is 0.671. The second-order valence-corrected chi connectivity index (χ2v) is 2.00. The maximum Gasteiger partial charge on any atom is 0.232 e. The predicted octanol–water partition coefficient (Wildman–Crippen LogP) is -0.117. The van der Waals surface area contributed by atoms with Gasteiger partial charge in [-0.3, -0.25) is 0 Å². The van der Waals surface area contributed by atoms with Gasteiger partial charge in [0.05, 0.1) is 0 Å². The lowest BCUT2D eigenvalue weighted by molar-refractivity contribution is 0.299. The van der Waals surface area contributed by atoms with Gasteiger partial charge in [-0.1, -0.05) is 0 Å². The van der Waals surface area contributed by atoms with Crippen molar-refractivity contribution < 1.29 is 5.11 Å². The Labute approximate surface area is 64.2 Å². The first-order valence-electron chi connectivity index (χ1n) is 3.18. The van der Waals surface area contributed by atoms with Crippen LogP contribution >= 0.6 is 0 Å². The van der Waals surface area contributed by atoms with Crippen molar-refractivity contribution in [2.45, 2.75) is 6.42 Å². The highest BCUT2D eigenvalue weighted by molar-refractivity contribution is 5.13. The number of aliphatic hydroxyl groups is 1. The van der Waals surface area contributed by atoms with E-state index in [2.05, 4.69) is 9.97 Å². The fraction of sp³-hybridized carbons (Fsp3) is 0.286. The molecular weight excluding hydrogens is 142 g/mol. The van der Waals surface area contributed by atoms with E-state index < -0.39 is 0 Å². The van der Waals surface area contributed by atoms with Crippen molar-refractivity contribution in [3.63, 3.8) is 0 Å². The fourth-order valence-corrected chi connectivity index (χ4v) is 0.671. The Balaban J connectivity index is 2.76. The average Bonchev–Trinajstić information content (AvgIpc) is 2.07. The second kappa shape index (κ2) is 3.64. The van der Waals surface area contributed by atoms with E-state index in [-0.39, 0.29) is 12.4 Å². The van der Waals surface area contributed by atoms with Crippen LogP contribution in [0.1, 0.15) is 11.4 Å². The number of rotatable bonds is 2. The largest absolute Gasteiger partial charge is 0.396 e. The summed E-state index contributed by atoms with van der Waals surface area (Å²) in [5.41, 5.74) is 0.839. The maximum atomic E-state index is 8.53. The van der Waals surface area contributed by atoms with E-state index in [0.717, 1.165) is 5.56 Å². The van der Waals surface area contributed by atoms with Gasteiger partial charge in [-0.25, -0.2) is 9.97 Å². The highest BCUT2D eigenvalue weighted by atomic mass is 16.2. The average molecular weight is 149 g/mol. The summed E-state index contributed by atoms with van der Waals surface area (Å²) in [7, 11) is 0. The first kappa shape index (κ1) is 7.63. The summed E-state index contributed by atoms with van der Waals surface area (Å²) in [6, 6.07) is 1.81. The van der Waals surface area contributed by atoms with Crippen molar-refractivity contribution in [2.24, 2.45) is 0 Å². The molecule has 4 nitrogen and oxygen atoms in total. The van der Waals surface area contributed by atoms with Gasteiger partial charge >= 0.3 is 0 Å². The molecule has 56 valence electrons. The normalized spacial score (nSPS) is 9.09. The Bertz CT molecular complexity index is 262. The van der Waals surface area contributed by atoms with Gasteiger partial charge in [-0.2, -0.15) is 5.26 Å². The van der Waals surface area contributed by atoms with Crippen LogP contribution in [0.15, 0.2) is 12.4 Å². The summed E-state index contributed by atoms with van der Waals surface area (Å²) in [6.07, 6.45) is 3.62. The van der Waals surface area contributed by atoms with Crippen molar-refractivity contribution in [2.75, 3.05) is 6.61 Å². The molecule has 0 spiro atoms. The minimum Gasteiger partial charge on any atom is -0.396 e. The molecule has 0 amide bonds. The lowest BCUT2D eigenvalue weighted by atomic mass is 10.2. The third kappa shape index (κ3) is 1.99. The van der Waals surface area contributed by atoms with Gasteiger partial charge in [0.15, 0.2) is 0 Å². The second-order valence-electron chi connectivity index (χ2n) is 2.00. The molecule has 0 fully saturated rings. The molecule has 1 aromatic heterocycles. The van der Waals surface area contributed by atoms with Crippen LogP contribution in [0, 0.1) is 11.3 Å². The maximum absolute atomic E-state index is 8.53. The zero-order chi connectivity index (χ0) is 8.10. The van der Waals surface area contributed by atoms with E-state index >= 15 is 0 Å². The molecule has 0 aromatic carbocycles. The smallest absolute Gasteiger partial charge is 0.232 e. The molecule has 0 saturated carbocycles. The first-order valence-corrected chi connectivity index (χ1v) is 3.18. The van der Waals surface area contributed by atoms with Crippen LogP contribution in [-0.2, 0) is 6.42 Å². The van der Waals surface area contributed by atoms with E-state index in [4.69, 9.17) is 10.4 Å². The number of nitriles is 1. The van der Waals surface area contributed by atoms with Gasteiger partial charge in [0.2, 0.25) is 5.82 Å². The molecule has 0 aliphatic rings. The monoisotopic (exact) mass is 149 g/mol. The Morgan fingerprint density at radius 2 is 2.09 bits per heavy atom. The minimum absolute atomic E-state index is 0.0786.